The number of halogens is 6. The zero-order valence-electron chi connectivity index (χ0n) is 15.7. The highest BCUT2D eigenvalue weighted by Gasteiger charge is 2.33. The number of hydrazone groups is 1. The van der Waals surface area contributed by atoms with Crippen LogP contribution in [0.1, 0.15) is 16.7 Å². The fourth-order valence-corrected chi connectivity index (χ4v) is 3.29. The van der Waals surface area contributed by atoms with Gasteiger partial charge in [0.25, 0.3) is 5.91 Å². The molecule has 0 bridgehead atoms. The van der Waals surface area contributed by atoms with Crippen LogP contribution in [0.5, 0.6) is 0 Å². The van der Waals surface area contributed by atoms with E-state index in [1.807, 2.05) is 5.43 Å². The Morgan fingerprint density at radius 3 is 2.26 bits per heavy atom. The molecule has 0 saturated carbocycles. The van der Waals surface area contributed by atoms with Crippen LogP contribution >= 0.6 is 0 Å². The van der Waals surface area contributed by atoms with Crippen molar-refractivity contribution in [3.63, 3.8) is 0 Å². The maximum absolute atomic E-state index is 12.9. The van der Waals surface area contributed by atoms with Crippen molar-refractivity contribution in [2.45, 2.75) is 12.4 Å². The van der Waals surface area contributed by atoms with Crippen molar-refractivity contribution in [2.24, 2.45) is 5.10 Å². The van der Waals surface area contributed by atoms with Crippen molar-refractivity contribution in [2.75, 3.05) is 17.1 Å². The van der Waals surface area contributed by atoms with Gasteiger partial charge in [-0.05, 0) is 24.3 Å². The average Bonchev–Trinajstić information content (AvgIpc) is 2.64. The van der Waals surface area contributed by atoms with E-state index in [4.69, 9.17) is 0 Å². The van der Waals surface area contributed by atoms with Gasteiger partial charge in [-0.25, -0.2) is 13.8 Å². The van der Waals surface area contributed by atoms with Crippen LogP contribution in [0.4, 0.5) is 32.0 Å². The van der Waals surface area contributed by atoms with Gasteiger partial charge in [0, 0.05) is 5.56 Å². The van der Waals surface area contributed by atoms with Gasteiger partial charge in [0.05, 0.1) is 29.3 Å². The van der Waals surface area contributed by atoms with Crippen LogP contribution in [0.2, 0.25) is 0 Å². The molecule has 13 heteroatoms. The number of nitrogens with one attached hydrogen (secondary N) is 1. The summed E-state index contributed by atoms with van der Waals surface area (Å²) in [5, 5.41) is 3.38. The zero-order valence-corrected chi connectivity index (χ0v) is 16.5. The van der Waals surface area contributed by atoms with Gasteiger partial charge >= 0.3 is 12.4 Å². The Kier molecular flexibility index (Phi) is 6.99. The van der Waals surface area contributed by atoms with Crippen LogP contribution in [0, 0.1) is 0 Å². The molecule has 0 saturated heterocycles. The quantitative estimate of drug-likeness (QED) is 0.400. The molecule has 0 radical (unpaired) electrons. The van der Waals surface area contributed by atoms with Crippen LogP contribution in [0.3, 0.4) is 0 Å². The molecule has 0 spiro atoms. The standard InChI is InChI=1S/C18H15F6N3O3S/c1-31(29,30)27(14-7-4-6-13(9-14)17(19,20)21)11-16(28)26-25-10-12-5-2-3-8-15(12)18(22,23)24/h2-10H,11H2,1H3,(H,26,28)/b25-10-. The number of alkyl halides is 6. The number of anilines is 1. The van der Waals surface area contributed by atoms with E-state index in [9.17, 15) is 39.6 Å². The number of benzene rings is 2. The van der Waals surface area contributed by atoms with Crippen molar-refractivity contribution in [1.82, 2.24) is 5.43 Å². The summed E-state index contributed by atoms with van der Waals surface area (Å²) in [7, 11) is -4.17. The number of nitrogens with zero attached hydrogens (tertiary/aromatic N) is 2. The van der Waals surface area contributed by atoms with Gasteiger partial charge in [-0.3, -0.25) is 9.10 Å². The molecule has 0 heterocycles. The third kappa shape index (κ3) is 6.70. The second kappa shape index (κ2) is 8.96. The fourth-order valence-electron chi connectivity index (χ4n) is 2.44. The molecule has 0 aromatic heterocycles. The Hall–Kier alpha value is -3.09. The number of amides is 1. The number of hydrogen-bond donors (Lipinski definition) is 1. The molecule has 2 rings (SSSR count). The highest BCUT2D eigenvalue weighted by atomic mass is 32.2. The molecule has 0 fully saturated rings. The molecule has 0 aliphatic heterocycles. The van der Waals surface area contributed by atoms with E-state index in [1.165, 1.54) is 6.07 Å². The van der Waals surface area contributed by atoms with Gasteiger partial charge in [-0.1, -0.05) is 24.3 Å². The van der Waals surface area contributed by atoms with Crippen LogP contribution in [-0.2, 0) is 27.2 Å². The molecule has 6 nitrogen and oxygen atoms in total. The summed E-state index contributed by atoms with van der Waals surface area (Å²) >= 11 is 0. The molecular formula is C18H15F6N3O3S. The number of carbonyl (C=O) groups is 1. The first-order chi connectivity index (χ1) is 14.2. The minimum atomic E-state index is -4.74. The third-order valence-corrected chi connectivity index (χ3v) is 4.95. The summed E-state index contributed by atoms with van der Waals surface area (Å²) in [5.41, 5.74) is -1.04. The minimum absolute atomic E-state index is 0.354. The zero-order chi connectivity index (χ0) is 23.4. The molecule has 1 amide bonds. The minimum Gasteiger partial charge on any atom is -0.271 e. The van der Waals surface area contributed by atoms with E-state index in [0.717, 1.165) is 42.6 Å². The predicted octanol–water partition coefficient (Wildman–Crippen LogP) is 3.64. The number of sulfonamides is 1. The molecule has 168 valence electrons. The maximum Gasteiger partial charge on any atom is 0.417 e. The lowest BCUT2D eigenvalue weighted by Gasteiger charge is -2.22. The van der Waals surface area contributed by atoms with Crippen molar-refractivity contribution < 1.29 is 39.6 Å². The molecule has 2 aromatic carbocycles. The second-order valence-corrected chi connectivity index (χ2v) is 8.10. The van der Waals surface area contributed by atoms with Gasteiger partial charge in [0.15, 0.2) is 0 Å². The molecule has 0 unspecified atom stereocenters. The summed E-state index contributed by atoms with van der Waals surface area (Å²) in [4.78, 5) is 12.1. The molecule has 31 heavy (non-hydrogen) atoms. The smallest absolute Gasteiger partial charge is 0.271 e. The van der Waals surface area contributed by atoms with Gasteiger partial charge in [-0.15, -0.1) is 0 Å². The lowest BCUT2D eigenvalue weighted by Crippen LogP contribution is -2.39. The summed E-state index contributed by atoms with van der Waals surface area (Å²) in [6, 6.07) is 7.71. The molecule has 0 atom stereocenters. The lowest BCUT2D eigenvalue weighted by atomic mass is 10.1. The number of rotatable bonds is 6. The maximum atomic E-state index is 12.9. The van der Waals surface area contributed by atoms with E-state index < -0.39 is 51.6 Å². The molecule has 0 aliphatic carbocycles. The molecular weight excluding hydrogens is 452 g/mol. The third-order valence-electron chi connectivity index (χ3n) is 3.81. The van der Waals surface area contributed by atoms with E-state index in [-0.39, 0.29) is 5.56 Å². The van der Waals surface area contributed by atoms with Crippen molar-refractivity contribution >= 4 is 27.8 Å². The fraction of sp³-hybridized carbons (Fsp3) is 0.222. The first kappa shape index (κ1) is 24.2. The van der Waals surface area contributed by atoms with Crippen LogP contribution < -0.4 is 9.73 Å². The Balaban J connectivity index is 2.20. The topological polar surface area (TPSA) is 78.8 Å². The van der Waals surface area contributed by atoms with Crippen molar-refractivity contribution in [3.8, 4) is 0 Å². The van der Waals surface area contributed by atoms with E-state index in [2.05, 4.69) is 5.10 Å². The Bertz CT molecular complexity index is 1080. The van der Waals surface area contributed by atoms with Crippen molar-refractivity contribution in [1.29, 1.82) is 0 Å². The van der Waals surface area contributed by atoms with E-state index >= 15 is 0 Å². The highest BCUT2D eigenvalue weighted by Crippen LogP contribution is 2.32. The molecule has 1 N–H and O–H groups in total. The van der Waals surface area contributed by atoms with E-state index in [1.54, 1.807) is 0 Å². The normalized spacial score (nSPS) is 12.7. The summed E-state index contributed by atoms with van der Waals surface area (Å²) in [6.45, 7) is -0.946. The SMILES string of the molecule is CS(=O)(=O)N(CC(=O)N/N=C\c1ccccc1C(F)(F)F)c1cccc(C(F)(F)F)c1. The van der Waals surface area contributed by atoms with Crippen LogP contribution in [-0.4, -0.2) is 33.3 Å². The van der Waals surface area contributed by atoms with Crippen molar-refractivity contribution in [3.05, 3.63) is 65.2 Å². The average molecular weight is 467 g/mol. The Morgan fingerprint density at radius 1 is 1.03 bits per heavy atom. The first-order valence-corrected chi connectivity index (χ1v) is 10.2. The Labute approximate surface area is 173 Å². The van der Waals surface area contributed by atoms with Gasteiger partial charge < -0.3 is 0 Å². The lowest BCUT2D eigenvalue weighted by molar-refractivity contribution is -0.138. The van der Waals surface area contributed by atoms with E-state index in [0.29, 0.717) is 16.6 Å². The first-order valence-electron chi connectivity index (χ1n) is 8.32. The second-order valence-electron chi connectivity index (χ2n) is 6.20. The predicted molar refractivity (Wildman–Crippen MR) is 101 cm³/mol. The number of hydrogen-bond acceptors (Lipinski definition) is 4. The highest BCUT2D eigenvalue weighted by molar-refractivity contribution is 7.92. The molecule has 2 aromatic rings. The van der Waals surface area contributed by atoms with Gasteiger partial charge in [0.2, 0.25) is 10.0 Å². The Morgan fingerprint density at radius 2 is 1.68 bits per heavy atom. The van der Waals surface area contributed by atoms with Gasteiger partial charge in [-0.2, -0.15) is 31.4 Å². The van der Waals surface area contributed by atoms with Gasteiger partial charge in [0.1, 0.15) is 6.54 Å². The molecule has 0 aliphatic rings. The number of carbonyl (C=O) groups excluding carboxylic acids is 1. The monoisotopic (exact) mass is 467 g/mol. The summed E-state index contributed by atoms with van der Waals surface area (Å²) < 4.78 is 102. The summed E-state index contributed by atoms with van der Waals surface area (Å²) in [5.74, 6) is -1.08. The van der Waals surface area contributed by atoms with Crippen LogP contribution in [0.15, 0.2) is 53.6 Å². The largest absolute Gasteiger partial charge is 0.417 e. The van der Waals surface area contributed by atoms with Crippen LogP contribution in [0.25, 0.3) is 0 Å². The summed E-state index contributed by atoms with van der Waals surface area (Å²) in [6.07, 6.45) is -8.00.